The number of aryl methyl sites for hydroxylation is 2. The van der Waals surface area contributed by atoms with Crippen LogP contribution in [0.15, 0.2) is 4.99 Å². The van der Waals surface area contributed by atoms with Gasteiger partial charge in [0.15, 0.2) is 0 Å². The molecule has 0 aliphatic rings. The molecular formula is C9H16N4. The van der Waals surface area contributed by atoms with E-state index in [0.717, 1.165) is 22.8 Å². The first kappa shape index (κ1) is 9.77. The number of amidine groups is 1. The lowest BCUT2D eigenvalue weighted by molar-refractivity contribution is 0.731. The van der Waals surface area contributed by atoms with Gasteiger partial charge in [-0.05, 0) is 13.8 Å². The zero-order valence-electron chi connectivity index (χ0n) is 8.84. The third kappa shape index (κ3) is 1.56. The van der Waals surface area contributed by atoms with Crippen LogP contribution in [0.4, 0.5) is 0 Å². The van der Waals surface area contributed by atoms with Crippen LogP contribution in [-0.2, 0) is 7.05 Å². The SMILES string of the molecule is CN=C(NC)c1c(C)nn(C)c1C. The number of nitrogens with one attached hydrogen (secondary N) is 1. The van der Waals surface area contributed by atoms with Gasteiger partial charge in [-0.2, -0.15) is 5.10 Å². The fraction of sp³-hybridized carbons (Fsp3) is 0.556. The van der Waals surface area contributed by atoms with E-state index in [4.69, 9.17) is 0 Å². The molecule has 0 atom stereocenters. The monoisotopic (exact) mass is 180 g/mol. The van der Waals surface area contributed by atoms with Gasteiger partial charge in [0.2, 0.25) is 0 Å². The van der Waals surface area contributed by atoms with Gasteiger partial charge in [-0.3, -0.25) is 9.67 Å². The van der Waals surface area contributed by atoms with Crippen molar-refractivity contribution >= 4 is 5.84 Å². The van der Waals surface area contributed by atoms with E-state index in [0.29, 0.717) is 0 Å². The third-order valence-electron chi connectivity index (χ3n) is 2.21. The lowest BCUT2D eigenvalue weighted by atomic mass is 10.2. The predicted octanol–water partition coefficient (Wildman–Crippen LogP) is 0.633. The summed E-state index contributed by atoms with van der Waals surface area (Å²) in [4.78, 5) is 4.16. The standard InChI is InChI=1S/C9H16N4/c1-6-8(9(10-3)11-4)7(2)13(5)12-6/h1-5H3,(H,10,11). The van der Waals surface area contributed by atoms with Crippen molar-refractivity contribution in [1.82, 2.24) is 15.1 Å². The summed E-state index contributed by atoms with van der Waals surface area (Å²) in [5, 5.41) is 7.38. The molecule has 1 aromatic heterocycles. The second kappa shape index (κ2) is 3.60. The Morgan fingerprint density at radius 1 is 1.46 bits per heavy atom. The minimum Gasteiger partial charge on any atom is -0.373 e. The summed E-state index contributed by atoms with van der Waals surface area (Å²) < 4.78 is 1.87. The molecular weight excluding hydrogens is 164 g/mol. The van der Waals surface area contributed by atoms with E-state index in [-0.39, 0.29) is 0 Å². The average Bonchev–Trinajstić information content (AvgIpc) is 2.34. The van der Waals surface area contributed by atoms with Crippen LogP contribution in [0.5, 0.6) is 0 Å². The van der Waals surface area contributed by atoms with E-state index in [1.54, 1.807) is 7.05 Å². The number of aromatic nitrogens is 2. The molecule has 13 heavy (non-hydrogen) atoms. The topological polar surface area (TPSA) is 42.2 Å². The maximum atomic E-state index is 4.32. The van der Waals surface area contributed by atoms with Crippen molar-refractivity contribution in [3.05, 3.63) is 17.0 Å². The Morgan fingerprint density at radius 2 is 2.08 bits per heavy atom. The van der Waals surface area contributed by atoms with Crippen molar-refractivity contribution < 1.29 is 0 Å². The van der Waals surface area contributed by atoms with Crippen LogP contribution < -0.4 is 5.32 Å². The molecule has 0 radical (unpaired) electrons. The predicted molar refractivity (Wildman–Crippen MR) is 54.2 cm³/mol. The van der Waals surface area contributed by atoms with Crippen molar-refractivity contribution in [2.45, 2.75) is 13.8 Å². The maximum absolute atomic E-state index is 4.32. The largest absolute Gasteiger partial charge is 0.373 e. The van der Waals surface area contributed by atoms with Gasteiger partial charge in [0.25, 0.3) is 0 Å². The van der Waals surface area contributed by atoms with Crippen LogP contribution in [-0.4, -0.2) is 29.7 Å². The zero-order chi connectivity index (χ0) is 10.0. The first-order valence-corrected chi connectivity index (χ1v) is 4.27. The minimum absolute atomic E-state index is 0.892. The Hall–Kier alpha value is -1.32. The Bertz CT molecular complexity index is 336. The number of rotatable bonds is 1. The lowest BCUT2D eigenvalue weighted by Gasteiger charge is -2.04. The van der Waals surface area contributed by atoms with Crippen molar-refractivity contribution in [1.29, 1.82) is 0 Å². The zero-order valence-corrected chi connectivity index (χ0v) is 8.84. The van der Waals surface area contributed by atoms with E-state index in [9.17, 15) is 0 Å². The summed E-state index contributed by atoms with van der Waals surface area (Å²) in [6.45, 7) is 4.03. The van der Waals surface area contributed by atoms with Gasteiger partial charge < -0.3 is 5.32 Å². The maximum Gasteiger partial charge on any atom is 0.131 e. The first-order valence-electron chi connectivity index (χ1n) is 4.27. The molecule has 0 aliphatic carbocycles. The second-order valence-corrected chi connectivity index (χ2v) is 2.99. The molecule has 0 saturated carbocycles. The van der Waals surface area contributed by atoms with E-state index < -0.39 is 0 Å². The van der Waals surface area contributed by atoms with Crippen LogP contribution >= 0.6 is 0 Å². The van der Waals surface area contributed by atoms with E-state index >= 15 is 0 Å². The summed E-state index contributed by atoms with van der Waals surface area (Å²) in [7, 11) is 5.58. The van der Waals surface area contributed by atoms with Crippen molar-refractivity contribution in [3.8, 4) is 0 Å². The molecule has 4 heteroatoms. The van der Waals surface area contributed by atoms with E-state index in [1.165, 1.54) is 0 Å². The molecule has 0 saturated heterocycles. The number of nitrogens with zero attached hydrogens (tertiary/aromatic N) is 3. The van der Waals surface area contributed by atoms with Crippen molar-refractivity contribution in [2.24, 2.45) is 12.0 Å². The Kier molecular flexibility index (Phi) is 2.70. The number of hydrogen-bond acceptors (Lipinski definition) is 2. The van der Waals surface area contributed by atoms with E-state index in [2.05, 4.69) is 15.4 Å². The van der Waals surface area contributed by atoms with Gasteiger partial charge >= 0.3 is 0 Å². The molecule has 0 bridgehead atoms. The molecule has 0 unspecified atom stereocenters. The van der Waals surface area contributed by atoms with E-state index in [1.807, 2.05) is 32.6 Å². The van der Waals surface area contributed by atoms with Crippen LogP contribution in [0.1, 0.15) is 17.0 Å². The van der Waals surface area contributed by atoms with Gasteiger partial charge in [0.1, 0.15) is 5.84 Å². The van der Waals surface area contributed by atoms with Gasteiger partial charge in [0, 0.05) is 26.8 Å². The molecule has 1 N–H and O–H groups in total. The van der Waals surface area contributed by atoms with Crippen molar-refractivity contribution in [2.75, 3.05) is 14.1 Å². The third-order valence-corrected chi connectivity index (χ3v) is 2.21. The highest BCUT2D eigenvalue weighted by Gasteiger charge is 2.13. The van der Waals surface area contributed by atoms with Crippen LogP contribution in [0.2, 0.25) is 0 Å². The lowest BCUT2D eigenvalue weighted by Crippen LogP contribution is -2.20. The molecule has 72 valence electrons. The summed E-state index contributed by atoms with van der Waals surface area (Å²) in [6, 6.07) is 0. The van der Waals surface area contributed by atoms with Gasteiger partial charge in [-0.25, -0.2) is 0 Å². The summed E-state index contributed by atoms with van der Waals surface area (Å²) >= 11 is 0. The Balaban J connectivity index is 3.28. The number of aliphatic imine (C=N–C) groups is 1. The van der Waals surface area contributed by atoms with Gasteiger partial charge in [0.05, 0.1) is 11.3 Å². The Labute approximate surface area is 78.7 Å². The smallest absolute Gasteiger partial charge is 0.131 e. The molecule has 1 heterocycles. The summed E-state index contributed by atoms with van der Waals surface area (Å²) in [5.41, 5.74) is 3.25. The van der Waals surface area contributed by atoms with Crippen molar-refractivity contribution in [3.63, 3.8) is 0 Å². The van der Waals surface area contributed by atoms with Gasteiger partial charge in [-0.15, -0.1) is 0 Å². The van der Waals surface area contributed by atoms with Crippen LogP contribution in [0, 0.1) is 13.8 Å². The molecule has 0 aromatic carbocycles. The molecule has 1 rings (SSSR count). The highest BCUT2D eigenvalue weighted by Crippen LogP contribution is 2.11. The normalized spacial score (nSPS) is 11.9. The van der Waals surface area contributed by atoms with Crippen LogP contribution in [0.25, 0.3) is 0 Å². The van der Waals surface area contributed by atoms with Crippen LogP contribution in [0.3, 0.4) is 0 Å². The Morgan fingerprint density at radius 3 is 2.38 bits per heavy atom. The molecule has 0 fully saturated rings. The molecule has 4 nitrogen and oxygen atoms in total. The minimum atomic E-state index is 0.892. The summed E-state index contributed by atoms with van der Waals surface area (Å²) in [6.07, 6.45) is 0. The highest BCUT2D eigenvalue weighted by atomic mass is 15.3. The molecule has 1 aromatic rings. The summed E-state index contributed by atoms with van der Waals surface area (Å²) in [5.74, 6) is 0.892. The number of hydrogen-bond donors (Lipinski definition) is 1. The molecule has 0 aliphatic heterocycles. The molecule has 0 amide bonds. The molecule has 0 spiro atoms. The average molecular weight is 180 g/mol. The second-order valence-electron chi connectivity index (χ2n) is 2.99. The fourth-order valence-electron chi connectivity index (χ4n) is 1.46. The van der Waals surface area contributed by atoms with Gasteiger partial charge in [-0.1, -0.05) is 0 Å². The first-order chi connectivity index (χ1) is 6.11. The highest BCUT2D eigenvalue weighted by molar-refractivity contribution is 6.00. The fourth-order valence-corrected chi connectivity index (χ4v) is 1.46. The quantitative estimate of drug-likeness (QED) is 0.509.